The van der Waals surface area contributed by atoms with Crippen molar-refractivity contribution >= 4 is 11.7 Å². The first-order chi connectivity index (χ1) is 9.17. The van der Waals surface area contributed by atoms with Gasteiger partial charge in [0.05, 0.1) is 18.4 Å². The number of nitrogen functional groups attached to an aromatic ring is 1. The normalized spacial score (nSPS) is 28.4. The topological polar surface area (TPSA) is 61.5 Å². The number of esters is 1. The van der Waals surface area contributed by atoms with E-state index in [9.17, 15) is 4.79 Å². The maximum absolute atomic E-state index is 11.5. The van der Waals surface area contributed by atoms with E-state index in [2.05, 4.69) is 0 Å². The third-order valence-corrected chi connectivity index (χ3v) is 4.39. The lowest BCUT2D eigenvalue weighted by molar-refractivity contribution is 0.0599. The fourth-order valence-corrected chi connectivity index (χ4v) is 3.38. The summed E-state index contributed by atoms with van der Waals surface area (Å²) in [4.78, 5) is 11.5. The molecule has 3 rings (SSSR count). The highest BCUT2D eigenvalue weighted by molar-refractivity contribution is 5.90. The van der Waals surface area contributed by atoms with Crippen molar-refractivity contribution in [2.24, 2.45) is 11.8 Å². The molecule has 3 unspecified atom stereocenters. The number of rotatable bonds is 3. The summed E-state index contributed by atoms with van der Waals surface area (Å²) < 4.78 is 10.8. The highest BCUT2D eigenvalue weighted by Gasteiger charge is 2.41. The van der Waals surface area contributed by atoms with Crippen molar-refractivity contribution in [3.8, 4) is 5.75 Å². The Balaban J connectivity index is 1.78. The quantitative estimate of drug-likeness (QED) is 0.671. The summed E-state index contributed by atoms with van der Waals surface area (Å²) in [5.74, 6) is 1.73. The fourth-order valence-electron chi connectivity index (χ4n) is 3.38. The van der Waals surface area contributed by atoms with Crippen LogP contribution in [0.5, 0.6) is 5.75 Å². The predicted octanol–water partition coefficient (Wildman–Crippen LogP) is 2.62. The number of carbonyl (C=O) groups is 1. The standard InChI is InChI=1S/C15H19NO3/c1-18-15(17)11-4-5-12(16)14(8-11)19-13-7-9-2-3-10(13)6-9/h4-5,8-10,13H,2-3,6-7,16H2,1H3. The molecule has 0 heterocycles. The summed E-state index contributed by atoms with van der Waals surface area (Å²) in [5.41, 5.74) is 6.99. The number of carbonyl (C=O) groups excluding carboxylic acids is 1. The van der Waals surface area contributed by atoms with E-state index < -0.39 is 0 Å². The number of methoxy groups -OCH3 is 1. The summed E-state index contributed by atoms with van der Waals surface area (Å²) in [7, 11) is 1.37. The number of nitrogens with two attached hydrogens (primary N) is 1. The first-order valence-corrected chi connectivity index (χ1v) is 6.82. The van der Waals surface area contributed by atoms with Gasteiger partial charge in [0.15, 0.2) is 0 Å². The molecular formula is C15H19NO3. The van der Waals surface area contributed by atoms with Gasteiger partial charge in [0, 0.05) is 0 Å². The third-order valence-electron chi connectivity index (χ3n) is 4.39. The molecule has 0 saturated heterocycles. The van der Waals surface area contributed by atoms with Crippen LogP contribution in [0.1, 0.15) is 36.0 Å². The Morgan fingerprint density at radius 3 is 2.79 bits per heavy atom. The molecule has 4 nitrogen and oxygen atoms in total. The van der Waals surface area contributed by atoms with Crippen LogP contribution in [0.2, 0.25) is 0 Å². The average molecular weight is 261 g/mol. The highest BCUT2D eigenvalue weighted by atomic mass is 16.5. The van der Waals surface area contributed by atoms with Gasteiger partial charge in [-0.15, -0.1) is 0 Å². The molecule has 102 valence electrons. The molecule has 2 saturated carbocycles. The highest BCUT2D eigenvalue weighted by Crippen LogP contribution is 2.46. The number of ether oxygens (including phenoxy) is 2. The maximum Gasteiger partial charge on any atom is 0.337 e. The van der Waals surface area contributed by atoms with Crippen molar-refractivity contribution in [1.29, 1.82) is 0 Å². The van der Waals surface area contributed by atoms with Gasteiger partial charge in [-0.3, -0.25) is 0 Å². The van der Waals surface area contributed by atoms with E-state index in [1.54, 1.807) is 18.2 Å². The van der Waals surface area contributed by atoms with Crippen molar-refractivity contribution in [1.82, 2.24) is 0 Å². The number of fused-ring (bicyclic) bond motifs is 2. The van der Waals surface area contributed by atoms with E-state index in [4.69, 9.17) is 15.2 Å². The zero-order valence-electron chi connectivity index (χ0n) is 11.1. The summed E-state index contributed by atoms with van der Waals surface area (Å²) in [6.07, 6.45) is 5.25. The molecule has 0 aliphatic heterocycles. The van der Waals surface area contributed by atoms with Gasteiger partial charge < -0.3 is 15.2 Å². The van der Waals surface area contributed by atoms with Crippen LogP contribution in [-0.4, -0.2) is 19.2 Å². The zero-order chi connectivity index (χ0) is 13.4. The maximum atomic E-state index is 11.5. The SMILES string of the molecule is COC(=O)c1ccc(N)c(OC2CC3CCC2C3)c1. The van der Waals surface area contributed by atoms with E-state index in [1.165, 1.54) is 26.4 Å². The van der Waals surface area contributed by atoms with E-state index in [-0.39, 0.29) is 12.1 Å². The Bertz CT molecular complexity index is 500. The second-order valence-electron chi connectivity index (χ2n) is 5.58. The number of hydrogen-bond donors (Lipinski definition) is 1. The molecule has 2 aliphatic carbocycles. The molecule has 2 bridgehead atoms. The van der Waals surface area contributed by atoms with Crippen LogP contribution < -0.4 is 10.5 Å². The van der Waals surface area contributed by atoms with E-state index >= 15 is 0 Å². The van der Waals surface area contributed by atoms with Crippen LogP contribution >= 0.6 is 0 Å². The Morgan fingerprint density at radius 1 is 1.32 bits per heavy atom. The lowest BCUT2D eigenvalue weighted by Gasteiger charge is -2.24. The minimum Gasteiger partial charge on any atom is -0.488 e. The molecule has 0 radical (unpaired) electrons. The molecule has 0 amide bonds. The van der Waals surface area contributed by atoms with Crippen LogP contribution in [0.25, 0.3) is 0 Å². The van der Waals surface area contributed by atoms with Gasteiger partial charge in [-0.1, -0.05) is 0 Å². The lowest BCUT2D eigenvalue weighted by Crippen LogP contribution is -2.24. The Labute approximate surface area is 112 Å². The third kappa shape index (κ3) is 2.27. The minimum atomic E-state index is -0.363. The molecule has 2 fully saturated rings. The van der Waals surface area contributed by atoms with E-state index in [0.29, 0.717) is 22.9 Å². The van der Waals surface area contributed by atoms with Crippen LogP contribution in [0.4, 0.5) is 5.69 Å². The van der Waals surface area contributed by atoms with Gasteiger partial charge in [0.1, 0.15) is 11.9 Å². The second kappa shape index (κ2) is 4.76. The summed E-state index contributed by atoms with van der Waals surface area (Å²) >= 11 is 0. The smallest absolute Gasteiger partial charge is 0.337 e. The number of hydrogen-bond acceptors (Lipinski definition) is 4. The molecule has 3 atom stereocenters. The summed E-state index contributed by atoms with van der Waals surface area (Å²) in [6, 6.07) is 5.05. The first kappa shape index (κ1) is 12.3. The summed E-state index contributed by atoms with van der Waals surface area (Å²) in [6.45, 7) is 0. The van der Waals surface area contributed by atoms with Gasteiger partial charge in [0.25, 0.3) is 0 Å². The van der Waals surface area contributed by atoms with Gasteiger partial charge in [-0.2, -0.15) is 0 Å². The molecule has 2 N–H and O–H groups in total. The van der Waals surface area contributed by atoms with Gasteiger partial charge in [0.2, 0.25) is 0 Å². The average Bonchev–Trinajstić information content (AvgIpc) is 3.02. The molecule has 0 spiro atoms. The zero-order valence-corrected chi connectivity index (χ0v) is 11.1. The summed E-state index contributed by atoms with van der Waals surface area (Å²) in [5, 5.41) is 0. The number of benzene rings is 1. The molecule has 2 aliphatic rings. The molecule has 1 aromatic rings. The van der Waals surface area contributed by atoms with Crippen LogP contribution in [0.15, 0.2) is 18.2 Å². The monoisotopic (exact) mass is 261 g/mol. The Kier molecular flexibility index (Phi) is 3.09. The van der Waals surface area contributed by atoms with Crippen molar-refractivity contribution in [2.45, 2.75) is 31.8 Å². The van der Waals surface area contributed by atoms with E-state index in [0.717, 1.165) is 12.3 Å². The molecule has 1 aromatic carbocycles. The predicted molar refractivity (Wildman–Crippen MR) is 72.1 cm³/mol. The molecule has 0 aromatic heterocycles. The minimum absolute atomic E-state index is 0.258. The van der Waals surface area contributed by atoms with Crippen molar-refractivity contribution in [2.75, 3.05) is 12.8 Å². The van der Waals surface area contributed by atoms with Crippen LogP contribution in [0.3, 0.4) is 0 Å². The van der Waals surface area contributed by atoms with Crippen LogP contribution in [-0.2, 0) is 4.74 Å². The fraction of sp³-hybridized carbons (Fsp3) is 0.533. The van der Waals surface area contributed by atoms with Gasteiger partial charge in [-0.05, 0) is 55.7 Å². The van der Waals surface area contributed by atoms with Gasteiger partial charge >= 0.3 is 5.97 Å². The first-order valence-electron chi connectivity index (χ1n) is 6.82. The van der Waals surface area contributed by atoms with Gasteiger partial charge in [-0.25, -0.2) is 4.79 Å². The van der Waals surface area contributed by atoms with Crippen molar-refractivity contribution in [3.05, 3.63) is 23.8 Å². The Morgan fingerprint density at radius 2 is 2.16 bits per heavy atom. The molecule has 19 heavy (non-hydrogen) atoms. The van der Waals surface area contributed by atoms with Crippen LogP contribution in [0, 0.1) is 11.8 Å². The second-order valence-corrected chi connectivity index (χ2v) is 5.58. The van der Waals surface area contributed by atoms with Crippen molar-refractivity contribution < 1.29 is 14.3 Å². The lowest BCUT2D eigenvalue weighted by atomic mass is 9.97. The van der Waals surface area contributed by atoms with E-state index in [1.807, 2.05) is 0 Å². The molecular weight excluding hydrogens is 242 g/mol. The van der Waals surface area contributed by atoms with Crippen molar-refractivity contribution in [3.63, 3.8) is 0 Å². The Hall–Kier alpha value is -1.71. The molecule has 4 heteroatoms. The number of anilines is 1. The largest absolute Gasteiger partial charge is 0.488 e.